The lowest BCUT2D eigenvalue weighted by Crippen LogP contribution is -2.24. The maximum atomic E-state index is 11.1. The molecular formula is C15H23NO4S. The highest BCUT2D eigenvalue weighted by Gasteiger charge is 2.18. The van der Waals surface area contributed by atoms with E-state index < -0.39 is 10.0 Å². The Balaban J connectivity index is 2.02. The monoisotopic (exact) mass is 313 g/mol. The first-order chi connectivity index (χ1) is 9.98. The van der Waals surface area contributed by atoms with Crippen molar-refractivity contribution < 1.29 is 17.9 Å². The van der Waals surface area contributed by atoms with Crippen LogP contribution in [0.1, 0.15) is 31.2 Å². The van der Waals surface area contributed by atoms with E-state index in [1.54, 1.807) is 7.11 Å². The number of rotatable bonds is 7. The lowest BCUT2D eigenvalue weighted by molar-refractivity contribution is 0.200. The van der Waals surface area contributed by atoms with Crippen LogP contribution in [0.15, 0.2) is 18.2 Å². The SMILES string of the molecule is COc1ccc(CCNS(C)(=O)=O)cc1OC1CCCC1. The quantitative estimate of drug-likeness (QED) is 0.837. The molecule has 0 bridgehead atoms. The van der Waals surface area contributed by atoms with Crippen LogP contribution < -0.4 is 14.2 Å². The molecule has 0 radical (unpaired) electrons. The maximum absolute atomic E-state index is 11.1. The number of nitrogens with one attached hydrogen (secondary N) is 1. The van der Waals surface area contributed by atoms with Crippen molar-refractivity contribution in [3.63, 3.8) is 0 Å². The van der Waals surface area contributed by atoms with Crippen LogP contribution in [0.25, 0.3) is 0 Å². The molecule has 118 valence electrons. The molecule has 0 saturated heterocycles. The van der Waals surface area contributed by atoms with E-state index in [2.05, 4.69) is 4.72 Å². The smallest absolute Gasteiger partial charge is 0.208 e. The first-order valence-electron chi connectivity index (χ1n) is 7.26. The predicted molar refractivity (Wildman–Crippen MR) is 82.4 cm³/mol. The van der Waals surface area contributed by atoms with Crippen molar-refractivity contribution in [3.8, 4) is 11.5 Å². The summed E-state index contributed by atoms with van der Waals surface area (Å²) in [5.74, 6) is 1.47. The first kappa shape index (κ1) is 16.1. The summed E-state index contributed by atoms with van der Waals surface area (Å²) in [5.41, 5.74) is 1.03. The van der Waals surface area contributed by atoms with Crippen molar-refractivity contribution in [3.05, 3.63) is 23.8 Å². The molecule has 0 spiro atoms. The van der Waals surface area contributed by atoms with E-state index in [9.17, 15) is 8.42 Å². The van der Waals surface area contributed by atoms with Crippen molar-refractivity contribution in [1.29, 1.82) is 0 Å². The molecular weight excluding hydrogens is 290 g/mol. The molecule has 21 heavy (non-hydrogen) atoms. The number of ether oxygens (including phenoxy) is 2. The zero-order valence-corrected chi connectivity index (χ0v) is 13.4. The second-order valence-corrected chi connectivity index (χ2v) is 7.26. The van der Waals surface area contributed by atoms with Gasteiger partial charge >= 0.3 is 0 Å². The third-order valence-corrected chi connectivity index (χ3v) is 4.33. The van der Waals surface area contributed by atoms with Crippen LogP contribution in [0.4, 0.5) is 0 Å². The first-order valence-corrected chi connectivity index (χ1v) is 9.15. The van der Waals surface area contributed by atoms with Crippen LogP contribution in [0.5, 0.6) is 11.5 Å². The van der Waals surface area contributed by atoms with Gasteiger partial charge in [-0.15, -0.1) is 0 Å². The standard InChI is InChI=1S/C15H23NO4S/c1-19-14-8-7-12(9-10-16-21(2,17)18)11-15(14)20-13-5-3-4-6-13/h7-8,11,13,16H,3-6,9-10H2,1-2H3. The fourth-order valence-electron chi connectivity index (χ4n) is 2.54. The second-order valence-electron chi connectivity index (χ2n) is 5.43. The van der Waals surface area contributed by atoms with Gasteiger partial charge in [0.25, 0.3) is 0 Å². The van der Waals surface area contributed by atoms with Crippen LogP contribution in [-0.4, -0.2) is 34.4 Å². The molecule has 6 heteroatoms. The molecule has 0 heterocycles. The molecule has 0 aromatic heterocycles. The average molecular weight is 313 g/mol. The van der Waals surface area contributed by atoms with Gasteiger partial charge in [-0.3, -0.25) is 0 Å². The minimum Gasteiger partial charge on any atom is -0.493 e. The van der Waals surface area contributed by atoms with Crippen molar-refractivity contribution in [1.82, 2.24) is 4.72 Å². The molecule has 5 nitrogen and oxygen atoms in total. The summed E-state index contributed by atoms with van der Waals surface area (Å²) in [4.78, 5) is 0. The Labute approximate surface area is 126 Å². The fraction of sp³-hybridized carbons (Fsp3) is 0.600. The van der Waals surface area contributed by atoms with E-state index in [4.69, 9.17) is 9.47 Å². The molecule has 1 aliphatic rings. The Morgan fingerprint density at radius 2 is 1.95 bits per heavy atom. The van der Waals surface area contributed by atoms with Gasteiger partial charge in [0.05, 0.1) is 19.5 Å². The number of methoxy groups -OCH3 is 1. The summed E-state index contributed by atoms with van der Waals surface area (Å²) >= 11 is 0. The van der Waals surface area contributed by atoms with Gasteiger partial charge in [-0.2, -0.15) is 0 Å². The Bertz CT molecular complexity index is 565. The third kappa shape index (κ3) is 5.21. The van der Waals surface area contributed by atoms with Crippen LogP contribution in [-0.2, 0) is 16.4 Å². The van der Waals surface area contributed by atoms with Gasteiger partial charge in [-0.25, -0.2) is 13.1 Å². The number of sulfonamides is 1. The number of hydrogen-bond donors (Lipinski definition) is 1. The van der Waals surface area contributed by atoms with Crippen molar-refractivity contribution >= 4 is 10.0 Å². The lowest BCUT2D eigenvalue weighted by Gasteiger charge is -2.17. The maximum Gasteiger partial charge on any atom is 0.208 e. The minimum atomic E-state index is -3.14. The zero-order chi connectivity index (χ0) is 15.3. The minimum absolute atomic E-state index is 0.267. The molecule has 1 aliphatic carbocycles. The van der Waals surface area contributed by atoms with E-state index in [-0.39, 0.29) is 6.10 Å². The fourth-order valence-corrected chi connectivity index (χ4v) is 3.01. The topological polar surface area (TPSA) is 64.6 Å². The molecule has 0 amide bonds. The van der Waals surface area contributed by atoms with E-state index in [1.807, 2.05) is 18.2 Å². The molecule has 1 aromatic carbocycles. The summed E-state index contributed by atoms with van der Waals surface area (Å²) in [7, 11) is -1.52. The zero-order valence-electron chi connectivity index (χ0n) is 12.6. The predicted octanol–water partition coefficient (Wildman–Crippen LogP) is 2.11. The Kier molecular flexibility index (Phi) is 5.47. The summed E-state index contributed by atoms with van der Waals surface area (Å²) in [6.07, 6.45) is 6.65. The number of hydrogen-bond acceptors (Lipinski definition) is 4. The van der Waals surface area contributed by atoms with Crippen LogP contribution in [0.3, 0.4) is 0 Å². The Morgan fingerprint density at radius 1 is 1.24 bits per heavy atom. The summed E-state index contributed by atoms with van der Waals surface area (Å²) in [5, 5.41) is 0. The van der Waals surface area contributed by atoms with Crippen molar-refractivity contribution in [2.45, 2.75) is 38.2 Å². The van der Waals surface area contributed by atoms with Gasteiger partial charge in [-0.05, 0) is 49.8 Å². The molecule has 2 rings (SSSR count). The van der Waals surface area contributed by atoms with Crippen LogP contribution in [0, 0.1) is 0 Å². The van der Waals surface area contributed by atoms with E-state index in [0.29, 0.717) is 13.0 Å². The van der Waals surface area contributed by atoms with Gasteiger partial charge < -0.3 is 9.47 Å². The normalized spacial score (nSPS) is 16.1. The van der Waals surface area contributed by atoms with Gasteiger partial charge in [0.1, 0.15) is 0 Å². The van der Waals surface area contributed by atoms with Gasteiger partial charge in [0.2, 0.25) is 10.0 Å². The largest absolute Gasteiger partial charge is 0.493 e. The van der Waals surface area contributed by atoms with Crippen molar-refractivity contribution in [2.75, 3.05) is 19.9 Å². The highest BCUT2D eigenvalue weighted by molar-refractivity contribution is 7.88. The molecule has 1 aromatic rings. The third-order valence-electron chi connectivity index (χ3n) is 3.60. The van der Waals surface area contributed by atoms with E-state index in [0.717, 1.165) is 36.2 Å². The Hall–Kier alpha value is -1.27. The molecule has 0 aliphatic heterocycles. The summed E-state index contributed by atoms with van der Waals surface area (Å²) in [6.45, 7) is 0.383. The van der Waals surface area contributed by atoms with E-state index in [1.165, 1.54) is 12.8 Å². The highest BCUT2D eigenvalue weighted by atomic mass is 32.2. The second kappa shape index (κ2) is 7.13. The molecule has 1 saturated carbocycles. The van der Waals surface area contributed by atoms with Gasteiger partial charge in [0, 0.05) is 6.54 Å². The summed E-state index contributed by atoms with van der Waals surface area (Å²) in [6, 6.07) is 5.76. The van der Waals surface area contributed by atoms with Crippen LogP contribution in [0.2, 0.25) is 0 Å². The molecule has 1 N–H and O–H groups in total. The van der Waals surface area contributed by atoms with Gasteiger partial charge in [0.15, 0.2) is 11.5 Å². The lowest BCUT2D eigenvalue weighted by atomic mass is 10.1. The Morgan fingerprint density at radius 3 is 2.57 bits per heavy atom. The molecule has 0 atom stereocenters. The summed E-state index contributed by atoms with van der Waals surface area (Å²) < 4.78 is 36.0. The number of benzene rings is 1. The van der Waals surface area contributed by atoms with Crippen LogP contribution >= 0.6 is 0 Å². The van der Waals surface area contributed by atoms with Crippen molar-refractivity contribution in [2.24, 2.45) is 0 Å². The highest BCUT2D eigenvalue weighted by Crippen LogP contribution is 2.32. The van der Waals surface area contributed by atoms with E-state index >= 15 is 0 Å². The average Bonchev–Trinajstić information content (AvgIpc) is 2.90. The molecule has 0 unspecified atom stereocenters. The molecule has 1 fully saturated rings. The van der Waals surface area contributed by atoms with Gasteiger partial charge in [-0.1, -0.05) is 6.07 Å².